The smallest absolute Gasteiger partial charge is 0.268 e. The minimum absolute atomic E-state index is 0.000987. The molecule has 0 aliphatic carbocycles. The minimum atomic E-state index is -0.438. The number of nitro groups is 1. The average Bonchev–Trinajstić information content (AvgIpc) is 2.74. The second kappa shape index (κ2) is 8.08. The number of para-hydroxylation sites is 2. The first-order chi connectivity index (χ1) is 14.5. The molecule has 30 heavy (non-hydrogen) atoms. The molecule has 0 N–H and O–H groups in total. The van der Waals surface area contributed by atoms with Gasteiger partial charge in [-0.2, -0.15) is 0 Å². The number of nitro benzene ring substituents is 1. The monoisotopic (exact) mass is 421 g/mol. The Morgan fingerprint density at radius 1 is 1.10 bits per heavy atom. The van der Waals surface area contributed by atoms with Crippen LogP contribution in [-0.4, -0.2) is 14.5 Å². The second-order valence-electron chi connectivity index (χ2n) is 6.66. The molecule has 4 aromatic rings. The summed E-state index contributed by atoms with van der Waals surface area (Å²) in [7, 11) is 0. The van der Waals surface area contributed by atoms with Gasteiger partial charge >= 0.3 is 0 Å². The van der Waals surface area contributed by atoms with Crippen LogP contribution in [0.15, 0.2) is 76.7 Å². The van der Waals surface area contributed by atoms with E-state index in [0.29, 0.717) is 32.9 Å². The normalized spacial score (nSPS) is 11.0. The highest BCUT2D eigenvalue weighted by Crippen LogP contribution is 2.29. The number of aryl methyl sites for hydroxylation is 1. The van der Waals surface area contributed by atoms with Gasteiger partial charge in [0, 0.05) is 17.4 Å². The van der Waals surface area contributed by atoms with E-state index in [0.717, 1.165) is 0 Å². The zero-order chi connectivity index (χ0) is 21.3. The summed E-state index contributed by atoms with van der Waals surface area (Å²) in [5, 5.41) is 12.0. The number of fused-ring (bicyclic) bond motifs is 1. The van der Waals surface area contributed by atoms with Crippen molar-refractivity contribution in [2.45, 2.75) is 17.8 Å². The molecule has 0 spiro atoms. The maximum Gasteiger partial charge on any atom is 0.273 e. The van der Waals surface area contributed by atoms with Gasteiger partial charge in [0.2, 0.25) is 0 Å². The number of rotatable bonds is 5. The Morgan fingerprint density at radius 2 is 1.83 bits per heavy atom. The van der Waals surface area contributed by atoms with Crippen LogP contribution in [0.5, 0.6) is 0 Å². The van der Waals surface area contributed by atoms with Gasteiger partial charge < -0.3 is 0 Å². The third-order valence-electron chi connectivity index (χ3n) is 4.70. The summed E-state index contributed by atoms with van der Waals surface area (Å²) in [6.07, 6.45) is 0. The Kier molecular flexibility index (Phi) is 5.33. The van der Waals surface area contributed by atoms with Gasteiger partial charge in [-0.15, -0.1) is 0 Å². The number of nitrogens with zero attached hydrogens (tertiary/aromatic N) is 3. The van der Waals surface area contributed by atoms with Crippen LogP contribution in [0.4, 0.5) is 10.1 Å². The molecule has 0 unspecified atom stereocenters. The predicted octanol–water partition coefficient (Wildman–Crippen LogP) is 5.03. The van der Waals surface area contributed by atoms with Gasteiger partial charge in [-0.3, -0.25) is 19.5 Å². The molecule has 0 saturated heterocycles. The molecule has 1 aromatic heterocycles. The first-order valence-corrected chi connectivity index (χ1v) is 10.1. The minimum Gasteiger partial charge on any atom is -0.268 e. The highest BCUT2D eigenvalue weighted by Gasteiger charge is 2.17. The zero-order valence-corrected chi connectivity index (χ0v) is 16.7. The standard InChI is InChI=1S/C22H16FN3O3S/c1-14-10-11-16(12-18(14)23)25-21(27)17-7-3-4-8-19(17)24-22(25)30-13-15-6-2-5-9-20(15)26(28)29/h2-12H,13H2,1H3. The molecule has 4 rings (SSSR count). The molecular formula is C22H16FN3O3S. The van der Waals surface area contributed by atoms with Crippen LogP contribution in [0.3, 0.4) is 0 Å². The predicted molar refractivity (Wildman–Crippen MR) is 115 cm³/mol. The molecule has 0 radical (unpaired) electrons. The van der Waals surface area contributed by atoms with E-state index in [1.54, 1.807) is 61.5 Å². The van der Waals surface area contributed by atoms with Crippen molar-refractivity contribution < 1.29 is 9.31 Å². The van der Waals surface area contributed by atoms with Crippen LogP contribution in [0.25, 0.3) is 16.6 Å². The third-order valence-corrected chi connectivity index (χ3v) is 5.69. The van der Waals surface area contributed by atoms with Gasteiger partial charge in [-0.1, -0.05) is 48.2 Å². The van der Waals surface area contributed by atoms with Crippen molar-refractivity contribution in [1.82, 2.24) is 9.55 Å². The summed E-state index contributed by atoms with van der Waals surface area (Å²) in [4.78, 5) is 28.7. The van der Waals surface area contributed by atoms with E-state index >= 15 is 0 Å². The lowest BCUT2D eigenvalue weighted by molar-refractivity contribution is -0.385. The van der Waals surface area contributed by atoms with Crippen molar-refractivity contribution in [1.29, 1.82) is 0 Å². The molecule has 0 fully saturated rings. The van der Waals surface area contributed by atoms with E-state index in [1.807, 2.05) is 0 Å². The van der Waals surface area contributed by atoms with Crippen molar-refractivity contribution in [2.75, 3.05) is 0 Å². The fraction of sp³-hybridized carbons (Fsp3) is 0.0909. The van der Waals surface area contributed by atoms with Crippen molar-refractivity contribution in [3.8, 4) is 5.69 Å². The quantitative estimate of drug-likeness (QED) is 0.195. The highest BCUT2D eigenvalue weighted by atomic mass is 32.2. The van der Waals surface area contributed by atoms with Gasteiger partial charge in [0.15, 0.2) is 5.16 Å². The fourth-order valence-corrected chi connectivity index (χ4v) is 4.12. The Labute approximate surface area is 175 Å². The zero-order valence-electron chi connectivity index (χ0n) is 15.9. The molecule has 0 amide bonds. The van der Waals surface area contributed by atoms with E-state index in [4.69, 9.17) is 0 Å². The Bertz CT molecular complexity index is 1340. The van der Waals surface area contributed by atoms with Crippen molar-refractivity contribution in [3.05, 3.63) is 104 Å². The van der Waals surface area contributed by atoms with E-state index in [2.05, 4.69) is 4.98 Å². The maximum atomic E-state index is 14.2. The van der Waals surface area contributed by atoms with Crippen LogP contribution in [0, 0.1) is 22.9 Å². The Hall–Kier alpha value is -3.52. The summed E-state index contributed by atoms with van der Waals surface area (Å²) < 4.78 is 15.6. The number of aromatic nitrogens is 2. The first-order valence-electron chi connectivity index (χ1n) is 9.09. The SMILES string of the molecule is Cc1ccc(-n2c(SCc3ccccc3[N+](=O)[O-])nc3ccccc3c2=O)cc1F. The maximum absolute atomic E-state index is 14.2. The lowest BCUT2D eigenvalue weighted by Crippen LogP contribution is -2.22. The van der Waals surface area contributed by atoms with Crippen molar-refractivity contribution >= 4 is 28.4 Å². The molecule has 0 aliphatic rings. The third kappa shape index (κ3) is 3.69. The molecule has 1 heterocycles. The Balaban J connectivity index is 1.85. The van der Waals surface area contributed by atoms with Crippen LogP contribution in [0.2, 0.25) is 0 Å². The second-order valence-corrected chi connectivity index (χ2v) is 7.60. The number of benzene rings is 3. The average molecular weight is 421 g/mol. The van der Waals surface area contributed by atoms with Crippen LogP contribution in [-0.2, 0) is 5.75 Å². The topological polar surface area (TPSA) is 78.0 Å². The summed E-state index contributed by atoms with van der Waals surface area (Å²) in [6, 6.07) is 17.9. The van der Waals surface area contributed by atoms with E-state index in [-0.39, 0.29) is 17.0 Å². The van der Waals surface area contributed by atoms with E-state index in [9.17, 15) is 19.3 Å². The fourth-order valence-electron chi connectivity index (χ4n) is 3.11. The lowest BCUT2D eigenvalue weighted by Gasteiger charge is -2.14. The highest BCUT2D eigenvalue weighted by molar-refractivity contribution is 7.98. The van der Waals surface area contributed by atoms with Gasteiger partial charge in [0.05, 0.1) is 21.5 Å². The van der Waals surface area contributed by atoms with Gasteiger partial charge in [-0.25, -0.2) is 9.37 Å². The molecular weight excluding hydrogens is 405 g/mol. The number of halogens is 1. The Morgan fingerprint density at radius 3 is 2.60 bits per heavy atom. The number of hydrogen-bond donors (Lipinski definition) is 0. The molecule has 0 atom stereocenters. The van der Waals surface area contributed by atoms with Crippen LogP contribution in [0.1, 0.15) is 11.1 Å². The van der Waals surface area contributed by atoms with E-state index < -0.39 is 10.7 Å². The molecule has 6 nitrogen and oxygen atoms in total. The van der Waals surface area contributed by atoms with Crippen LogP contribution >= 0.6 is 11.8 Å². The molecule has 0 saturated carbocycles. The van der Waals surface area contributed by atoms with Gasteiger partial charge in [0.1, 0.15) is 5.82 Å². The summed E-state index contributed by atoms with van der Waals surface area (Å²) in [5.74, 6) is -0.196. The van der Waals surface area contributed by atoms with Crippen molar-refractivity contribution in [2.24, 2.45) is 0 Å². The molecule has 0 bridgehead atoms. The molecule has 8 heteroatoms. The van der Waals surface area contributed by atoms with Gasteiger partial charge in [-0.05, 0) is 36.8 Å². The van der Waals surface area contributed by atoms with Gasteiger partial charge in [0.25, 0.3) is 11.2 Å². The van der Waals surface area contributed by atoms with Crippen molar-refractivity contribution in [3.63, 3.8) is 0 Å². The molecule has 3 aromatic carbocycles. The first kappa shape index (κ1) is 19.8. The molecule has 0 aliphatic heterocycles. The summed E-state index contributed by atoms with van der Waals surface area (Å²) in [6.45, 7) is 1.64. The van der Waals surface area contributed by atoms with E-state index in [1.165, 1.54) is 28.5 Å². The van der Waals surface area contributed by atoms with Crippen LogP contribution < -0.4 is 5.56 Å². The number of thioether (sulfide) groups is 1. The number of hydrogen-bond acceptors (Lipinski definition) is 5. The largest absolute Gasteiger partial charge is 0.273 e. The molecule has 150 valence electrons. The summed E-state index contributed by atoms with van der Waals surface area (Å²) >= 11 is 1.19. The lowest BCUT2D eigenvalue weighted by atomic mass is 10.2. The summed E-state index contributed by atoms with van der Waals surface area (Å²) in [5.41, 5.74) is 1.52.